The number of carbonyl (C=O) groups is 1. The van der Waals surface area contributed by atoms with Crippen LogP contribution in [0.15, 0.2) is 10.9 Å². The van der Waals surface area contributed by atoms with Gasteiger partial charge in [0.15, 0.2) is 5.82 Å². The number of aromatic nitrogens is 5. The third kappa shape index (κ3) is 2.90. The Morgan fingerprint density at radius 2 is 2.39 bits per heavy atom. The summed E-state index contributed by atoms with van der Waals surface area (Å²) < 4.78 is 4.58. The molecular formula is C10H14N6O2. The van der Waals surface area contributed by atoms with Crippen LogP contribution in [0.25, 0.3) is 0 Å². The summed E-state index contributed by atoms with van der Waals surface area (Å²) in [6.45, 7) is 4.35. The van der Waals surface area contributed by atoms with E-state index in [9.17, 15) is 4.79 Å². The molecule has 96 valence electrons. The van der Waals surface area contributed by atoms with E-state index in [4.69, 9.17) is 0 Å². The summed E-state index contributed by atoms with van der Waals surface area (Å²) in [5.41, 5.74) is 0. The second-order valence-electron chi connectivity index (χ2n) is 4.05. The van der Waals surface area contributed by atoms with Crippen molar-refractivity contribution in [3.8, 4) is 0 Å². The molecule has 0 aliphatic rings. The summed E-state index contributed by atoms with van der Waals surface area (Å²) in [6.07, 6.45) is 1.75. The minimum Gasteiger partial charge on any atom is -0.349 e. The number of amides is 1. The summed E-state index contributed by atoms with van der Waals surface area (Å²) >= 11 is 0. The van der Waals surface area contributed by atoms with Crippen LogP contribution in [0.3, 0.4) is 0 Å². The van der Waals surface area contributed by atoms with Crippen LogP contribution in [0, 0.1) is 0 Å². The van der Waals surface area contributed by atoms with Gasteiger partial charge in [0.1, 0.15) is 5.82 Å². The molecule has 0 atom stereocenters. The molecule has 2 N–H and O–H groups in total. The SMILES string of the molecule is CC(C)c1nc(C(=O)NCCc2ncon2)n[nH]1. The van der Waals surface area contributed by atoms with Crippen LogP contribution in [-0.2, 0) is 6.42 Å². The number of carbonyl (C=O) groups excluding carboxylic acids is 1. The monoisotopic (exact) mass is 250 g/mol. The van der Waals surface area contributed by atoms with Gasteiger partial charge in [-0.1, -0.05) is 19.0 Å². The molecule has 1 amide bonds. The number of nitrogens with zero attached hydrogens (tertiary/aromatic N) is 4. The Morgan fingerprint density at radius 3 is 3.00 bits per heavy atom. The maximum absolute atomic E-state index is 11.7. The van der Waals surface area contributed by atoms with Gasteiger partial charge in [-0.25, -0.2) is 4.98 Å². The summed E-state index contributed by atoms with van der Waals surface area (Å²) in [5.74, 6) is 1.28. The molecule has 0 aliphatic carbocycles. The van der Waals surface area contributed by atoms with E-state index in [1.54, 1.807) is 0 Å². The predicted molar refractivity (Wildman–Crippen MR) is 60.8 cm³/mol. The van der Waals surface area contributed by atoms with Crippen molar-refractivity contribution in [2.75, 3.05) is 6.54 Å². The molecule has 2 aromatic heterocycles. The maximum atomic E-state index is 11.7. The standard InChI is InChI=1S/C10H14N6O2/c1-6(2)8-13-9(15-14-8)10(17)11-4-3-7-12-5-18-16-7/h5-6H,3-4H2,1-2H3,(H,11,17)(H,13,14,15). The number of nitrogens with one attached hydrogen (secondary N) is 2. The Bertz CT molecular complexity index is 504. The van der Waals surface area contributed by atoms with Crippen molar-refractivity contribution in [2.45, 2.75) is 26.2 Å². The highest BCUT2D eigenvalue weighted by atomic mass is 16.5. The molecule has 8 nitrogen and oxygen atoms in total. The van der Waals surface area contributed by atoms with Crippen LogP contribution in [0.5, 0.6) is 0 Å². The molecule has 0 radical (unpaired) electrons. The van der Waals surface area contributed by atoms with Crippen molar-refractivity contribution >= 4 is 5.91 Å². The first-order chi connectivity index (χ1) is 8.66. The predicted octanol–water partition coefficient (Wildman–Crippen LogP) is 0.284. The highest BCUT2D eigenvalue weighted by Gasteiger charge is 2.13. The minimum absolute atomic E-state index is 0.145. The van der Waals surface area contributed by atoms with E-state index in [1.165, 1.54) is 6.39 Å². The number of H-pyrrole nitrogens is 1. The highest BCUT2D eigenvalue weighted by Crippen LogP contribution is 2.07. The third-order valence-electron chi connectivity index (χ3n) is 2.29. The smallest absolute Gasteiger partial charge is 0.290 e. The second-order valence-corrected chi connectivity index (χ2v) is 4.05. The minimum atomic E-state index is -0.318. The summed E-state index contributed by atoms with van der Waals surface area (Å²) in [5, 5.41) is 12.9. The molecule has 2 heterocycles. The number of hydrogen-bond acceptors (Lipinski definition) is 6. The molecule has 2 rings (SSSR count). The first-order valence-electron chi connectivity index (χ1n) is 5.62. The molecule has 0 aliphatic heterocycles. The topological polar surface area (TPSA) is 110 Å². The summed E-state index contributed by atoms with van der Waals surface area (Å²) in [6, 6.07) is 0. The Kier molecular flexibility index (Phi) is 3.66. The van der Waals surface area contributed by atoms with E-state index < -0.39 is 0 Å². The van der Waals surface area contributed by atoms with Gasteiger partial charge in [-0.05, 0) is 0 Å². The van der Waals surface area contributed by atoms with Gasteiger partial charge in [-0.3, -0.25) is 9.89 Å². The molecule has 0 spiro atoms. The van der Waals surface area contributed by atoms with Gasteiger partial charge in [-0.15, -0.1) is 5.10 Å². The lowest BCUT2D eigenvalue weighted by molar-refractivity contribution is 0.0944. The highest BCUT2D eigenvalue weighted by molar-refractivity contribution is 5.90. The van der Waals surface area contributed by atoms with Crippen molar-refractivity contribution < 1.29 is 9.32 Å². The molecule has 0 unspecified atom stereocenters. The first kappa shape index (κ1) is 12.2. The molecular weight excluding hydrogens is 236 g/mol. The fourth-order valence-corrected chi connectivity index (χ4v) is 1.30. The van der Waals surface area contributed by atoms with Crippen LogP contribution < -0.4 is 5.32 Å². The fraction of sp³-hybridized carbons (Fsp3) is 0.500. The van der Waals surface area contributed by atoms with Crippen LogP contribution in [0.2, 0.25) is 0 Å². The van der Waals surface area contributed by atoms with Crippen LogP contribution >= 0.6 is 0 Å². The molecule has 2 aromatic rings. The van der Waals surface area contributed by atoms with Crippen molar-refractivity contribution in [1.82, 2.24) is 30.6 Å². The van der Waals surface area contributed by atoms with Gasteiger partial charge >= 0.3 is 0 Å². The quantitative estimate of drug-likeness (QED) is 0.788. The van der Waals surface area contributed by atoms with Gasteiger partial charge in [-0.2, -0.15) is 4.98 Å². The lowest BCUT2D eigenvalue weighted by Gasteiger charge is -1.99. The molecule has 8 heteroatoms. The Morgan fingerprint density at radius 1 is 1.56 bits per heavy atom. The Balaban J connectivity index is 1.83. The number of hydrogen-bond donors (Lipinski definition) is 2. The zero-order valence-electron chi connectivity index (χ0n) is 10.2. The Labute approximate surface area is 103 Å². The molecule has 0 saturated carbocycles. The second kappa shape index (κ2) is 5.39. The van der Waals surface area contributed by atoms with Gasteiger partial charge < -0.3 is 9.84 Å². The van der Waals surface area contributed by atoms with Gasteiger partial charge in [0.25, 0.3) is 5.91 Å². The van der Waals surface area contributed by atoms with E-state index in [1.807, 2.05) is 13.8 Å². The van der Waals surface area contributed by atoms with E-state index >= 15 is 0 Å². The normalized spacial score (nSPS) is 10.8. The van der Waals surface area contributed by atoms with Crippen LogP contribution in [-0.4, -0.2) is 37.8 Å². The average molecular weight is 250 g/mol. The largest absolute Gasteiger partial charge is 0.349 e. The molecule has 18 heavy (non-hydrogen) atoms. The van der Waals surface area contributed by atoms with Gasteiger partial charge in [0, 0.05) is 18.9 Å². The lowest BCUT2D eigenvalue weighted by Crippen LogP contribution is -2.27. The summed E-state index contributed by atoms with van der Waals surface area (Å²) in [7, 11) is 0. The van der Waals surface area contributed by atoms with Gasteiger partial charge in [0.05, 0.1) is 0 Å². The van der Waals surface area contributed by atoms with Crippen molar-refractivity contribution in [1.29, 1.82) is 0 Å². The molecule has 0 saturated heterocycles. The van der Waals surface area contributed by atoms with Crippen molar-refractivity contribution in [2.24, 2.45) is 0 Å². The molecule has 0 bridgehead atoms. The third-order valence-corrected chi connectivity index (χ3v) is 2.29. The fourth-order valence-electron chi connectivity index (χ4n) is 1.30. The van der Waals surface area contributed by atoms with E-state index in [0.29, 0.717) is 24.6 Å². The molecule has 0 fully saturated rings. The van der Waals surface area contributed by atoms with Crippen molar-refractivity contribution in [3.63, 3.8) is 0 Å². The lowest BCUT2D eigenvalue weighted by atomic mass is 10.2. The van der Waals surface area contributed by atoms with E-state index in [-0.39, 0.29) is 17.6 Å². The number of rotatable bonds is 5. The number of aromatic amines is 1. The van der Waals surface area contributed by atoms with Gasteiger partial charge in [0.2, 0.25) is 12.2 Å². The van der Waals surface area contributed by atoms with E-state index in [2.05, 4.69) is 35.2 Å². The zero-order chi connectivity index (χ0) is 13.0. The average Bonchev–Trinajstić information content (AvgIpc) is 2.99. The van der Waals surface area contributed by atoms with E-state index in [0.717, 1.165) is 0 Å². The first-order valence-corrected chi connectivity index (χ1v) is 5.62. The van der Waals surface area contributed by atoms with Crippen LogP contribution in [0.1, 0.15) is 42.0 Å². The Hall–Kier alpha value is -2.25. The zero-order valence-corrected chi connectivity index (χ0v) is 10.2. The maximum Gasteiger partial charge on any atom is 0.290 e. The summed E-state index contributed by atoms with van der Waals surface area (Å²) in [4.78, 5) is 19.6. The van der Waals surface area contributed by atoms with Crippen molar-refractivity contribution in [3.05, 3.63) is 23.9 Å². The molecule has 0 aromatic carbocycles. The van der Waals surface area contributed by atoms with Crippen LogP contribution in [0.4, 0.5) is 0 Å².